The smallest absolute Gasteiger partial charge is 0.268 e. The molecule has 3 aromatic heterocycles. The number of carbonyl (C=O) groups excluding carboxylic acids is 1. The number of carbonyl (C=O) groups is 1. The lowest BCUT2D eigenvalue weighted by atomic mass is 10.2. The Balaban J connectivity index is 1.49. The van der Waals surface area contributed by atoms with Gasteiger partial charge in [-0.25, -0.2) is 0 Å². The van der Waals surface area contributed by atoms with Gasteiger partial charge in [0.05, 0.1) is 17.4 Å². The fraction of sp³-hybridized carbons (Fsp3) is 0.136. The van der Waals surface area contributed by atoms with E-state index in [0.717, 1.165) is 37.6 Å². The van der Waals surface area contributed by atoms with E-state index in [-0.39, 0.29) is 5.91 Å². The first-order valence-electron chi connectivity index (χ1n) is 9.44. The van der Waals surface area contributed by atoms with E-state index in [9.17, 15) is 4.79 Å². The number of nitrogens with zero attached hydrogens (tertiary/aromatic N) is 3. The summed E-state index contributed by atoms with van der Waals surface area (Å²) in [5, 5.41) is 11.1. The number of rotatable bonds is 6. The van der Waals surface area contributed by atoms with Gasteiger partial charge in [0.15, 0.2) is 0 Å². The number of nitrogens with two attached hydrogens (primary N) is 1. The van der Waals surface area contributed by atoms with Gasteiger partial charge in [0.25, 0.3) is 5.91 Å². The Kier molecular flexibility index (Phi) is 5.58. The molecule has 1 amide bonds. The minimum atomic E-state index is -0.120. The third-order valence-corrected chi connectivity index (χ3v) is 6.05. The molecule has 8 heteroatoms. The molecule has 30 heavy (non-hydrogen) atoms. The maximum absolute atomic E-state index is 12.8. The third-order valence-electron chi connectivity index (χ3n) is 4.93. The Hall–Kier alpha value is -3.52. The number of H-pyrrole nitrogens is 1. The van der Waals surface area contributed by atoms with E-state index in [1.165, 1.54) is 6.20 Å². The summed E-state index contributed by atoms with van der Waals surface area (Å²) >= 11 is 1.64. The molecule has 152 valence electrons. The second-order valence-electron chi connectivity index (χ2n) is 6.89. The van der Waals surface area contributed by atoms with E-state index >= 15 is 0 Å². The van der Waals surface area contributed by atoms with E-state index in [0.29, 0.717) is 12.2 Å². The first-order valence-corrected chi connectivity index (χ1v) is 10.3. The second-order valence-corrected chi connectivity index (χ2v) is 8.01. The molecule has 7 nitrogen and oxygen atoms in total. The van der Waals surface area contributed by atoms with Crippen LogP contribution in [0.1, 0.15) is 27.4 Å². The predicted octanol–water partition coefficient (Wildman–Crippen LogP) is 3.62. The lowest BCUT2D eigenvalue weighted by molar-refractivity contribution is 0.0942. The van der Waals surface area contributed by atoms with Gasteiger partial charge in [-0.15, -0.1) is 0 Å². The maximum Gasteiger partial charge on any atom is 0.268 e. The van der Waals surface area contributed by atoms with Gasteiger partial charge in [-0.2, -0.15) is 5.10 Å². The zero-order chi connectivity index (χ0) is 21.1. The van der Waals surface area contributed by atoms with Crippen LogP contribution in [0.25, 0.3) is 17.0 Å². The minimum Gasteiger partial charge on any atom is -0.405 e. The number of pyridine rings is 1. The Labute approximate surface area is 178 Å². The highest BCUT2D eigenvalue weighted by Gasteiger charge is 2.16. The molecule has 0 unspecified atom stereocenters. The van der Waals surface area contributed by atoms with Gasteiger partial charge >= 0.3 is 0 Å². The molecule has 0 bridgehead atoms. The topological polar surface area (TPSA) is 102 Å². The second kappa shape index (κ2) is 8.46. The monoisotopic (exact) mass is 418 g/mol. The summed E-state index contributed by atoms with van der Waals surface area (Å²) in [5.41, 5.74) is 9.80. The van der Waals surface area contributed by atoms with E-state index in [4.69, 9.17) is 5.73 Å². The van der Waals surface area contributed by atoms with E-state index in [1.807, 2.05) is 55.1 Å². The molecule has 0 aliphatic carbocycles. The van der Waals surface area contributed by atoms with Crippen molar-refractivity contribution in [1.82, 2.24) is 25.1 Å². The highest BCUT2D eigenvalue weighted by Crippen LogP contribution is 2.33. The van der Waals surface area contributed by atoms with Crippen LogP contribution in [0.4, 0.5) is 0 Å². The largest absolute Gasteiger partial charge is 0.405 e. The summed E-state index contributed by atoms with van der Waals surface area (Å²) in [5.74, 6) is -0.120. The molecule has 0 aliphatic rings. The van der Waals surface area contributed by atoms with Crippen molar-refractivity contribution in [3.8, 4) is 0 Å². The van der Waals surface area contributed by atoms with Crippen molar-refractivity contribution in [1.29, 1.82) is 0 Å². The summed E-state index contributed by atoms with van der Waals surface area (Å²) < 4.78 is 1.92. The molecule has 0 aliphatic heterocycles. The van der Waals surface area contributed by atoms with Gasteiger partial charge in [0.2, 0.25) is 0 Å². The molecule has 0 saturated heterocycles. The number of aromatic amines is 1. The van der Waals surface area contributed by atoms with Crippen LogP contribution in [-0.4, -0.2) is 25.7 Å². The van der Waals surface area contributed by atoms with Gasteiger partial charge < -0.3 is 15.6 Å². The lowest BCUT2D eigenvalue weighted by Gasteiger charge is -2.07. The summed E-state index contributed by atoms with van der Waals surface area (Å²) in [4.78, 5) is 19.2. The summed E-state index contributed by atoms with van der Waals surface area (Å²) in [6.07, 6.45) is 6.68. The van der Waals surface area contributed by atoms with Crippen molar-refractivity contribution in [2.75, 3.05) is 0 Å². The van der Waals surface area contributed by atoms with Crippen molar-refractivity contribution in [3.05, 3.63) is 77.6 Å². The number of benzene rings is 1. The Morgan fingerprint density at radius 1 is 1.30 bits per heavy atom. The zero-order valence-corrected chi connectivity index (χ0v) is 17.5. The van der Waals surface area contributed by atoms with Gasteiger partial charge in [-0.3, -0.25) is 14.9 Å². The van der Waals surface area contributed by atoms with Gasteiger partial charge in [-0.1, -0.05) is 11.8 Å². The van der Waals surface area contributed by atoms with Crippen LogP contribution in [-0.2, 0) is 13.6 Å². The number of amides is 1. The molecule has 4 aromatic rings. The SMILES string of the molecule is Cc1c(Sc2ccc3[nH]ncc3c2)cc(C(=O)NCc2ccnc(/C=C\N)c2)n1C. The Morgan fingerprint density at radius 3 is 3.00 bits per heavy atom. The number of hydrogen-bond donors (Lipinski definition) is 3. The van der Waals surface area contributed by atoms with Crippen LogP contribution < -0.4 is 11.1 Å². The van der Waals surface area contributed by atoms with Gasteiger partial charge in [0, 0.05) is 40.7 Å². The summed E-state index contributed by atoms with van der Waals surface area (Å²) in [6, 6.07) is 11.9. The fourth-order valence-electron chi connectivity index (χ4n) is 3.17. The molecule has 4 rings (SSSR count). The number of aromatic nitrogens is 4. The average molecular weight is 419 g/mol. The van der Waals surface area contributed by atoms with E-state index in [2.05, 4.69) is 26.6 Å². The standard InChI is InChI=1S/C22H22N6OS/c1-14-21(30-18-3-4-19-16(10-18)13-26-27-19)11-20(28(14)2)22(29)25-12-15-6-8-24-17(9-15)5-7-23/h3-11,13H,12,23H2,1-2H3,(H,25,29)(H,26,27)/b7-5-. The first kappa shape index (κ1) is 19.8. The quantitative estimate of drug-likeness (QED) is 0.444. The van der Waals surface area contributed by atoms with Crippen LogP contribution in [0.5, 0.6) is 0 Å². The van der Waals surface area contributed by atoms with Crippen molar-refractivity contribution >= 4 is 34.6 Å². The first-order chi connectivity index (χ1) is 14.5. The van der Waals surface area contributed by atoms with Crippen LogP contribution in [0.15, 0.2) is 64.8 Å². The maximum atomic E-state index is 12.8. The van der Waals surface area contributed by atoms with Crippen LogP contribution in [0.2, 0.25) is 0 Å². The molecular weight excluding hydrogens is 396 g/mol. The van der Waals surface area contributed by atoms with E-state index < -0.39 is 0 Å². The van der Waals surface area contributed by atoms with E-state index in [1.54, 1.807) is 24.0 Å². The van der Waals surface area contributed by atoms with Crippen molar-refractivity contribution < 1.29 is 4.79 Å². The molecule has 0 saturated carbocycles. The molecule has 0 spiro atoms. The molecular formula is C22H22N6OS. The van der Waals surface area contributed by atoms with Crippen LogP contribution >= 0.6 is 11.8 Å². The summed E-state index contributed by atoms with van der Waals surface area (Å²) in [7, 11) is 1.91. The normalized spacial score (nSPS) is 11.4. The van der Waals surface area contributed by atoms with Crippen molar-refractivity contribution in [2.24, 2.45) is 12.8 Å². The van der Waals surface area contributed by atoms with Gasteiger partial charge in [-0.05, 0) is 61.2 Å². The average Bonchev–Trinajstić information content (AvgIpc) is 3.32. The van der Waals surface area contributed by atoms with Crippen LogP contribution in [0, 0.1) is 6.92 Å². The highest BCUT2D eigenvalue weighted by atomic mass is 32.2. The number of fused-ring (bicyclic) bond motifs is 1. The minimum absolute atomic E-state index is 0.120. The number of hydrogen-bond acceptors (Lipinski definition) is 5. The van der Waals surface area contributed by atoms with Crippen molar-refractivity contribution in [2.45, 2.75) is 23.3 Å². The molecule has 3 heterocycles. The third kappa shape index (κ3) is 4.08. The highest BCUT2D eigenvalue weighted by molar-refractivity contribution is 7.99. The molecule has 4 N–H and O–H groups in total. The number of nitrogens with one attached hydrogen (secondary N) is 2. The van der Waals surface area contributed by atoms with Gasteiger partial charge in [0.1, 0.15) is 5.69 Å². The molecule has 0 radical (unpaired) electrons. The predicted molar refractivity (Wildman–Crippen MR) is 119 cm³/mol. The van der Waals surface area contributed by atoms with Crippen LogP contribution in [0.3, 0.4) is 0 Å². The lowest BCUT2D eigenvalue weighted by Crippen LogP contribution is -2.25. The molecule has 0 fully saturated rings. The molecule has 0 atom stereocenters. The summed E-state index contributed by atoms with van der Waals surface area (Å²) in [6.45, 7) is 2.43. The van der Waals surface area contributed by atoms with Crippen molar-refractivity contribution in [3.63, 3.8) is 0 Å². The fourth-order valence-corrected chi connectivity index (χ4v) is 4.20. The Bertz CT molecular complexity index is 1240. The Morgan fingerprint density at radius 2 is 2.17 bits per heavy atom. The molecule has 1 aromatic carbocycles. The zero-order valence-electron chi connectivity index (χ0n) is 16.7.